The molecule has 3 unspecified atom stereocenters. The smallest absolute Gasteiger partial charge is 0.241 e. The average Bonchev–Trinajstić information content (AvgIpc) is 2.53. The number of ether oxygens (including phenoxy) is 1. The highest BCUT2D eigenvalue weighted by Gasteiger charge is 2.26. The zero-order valence-corrected chi connectivity index (χ0v) is 14.1. The summed E-state index contributed by atoms with van der Waals surface area (Å²) < 4.78 is 5.55. The van der Waals surface area contributed by atoms with Crippen LogP contribution < -0.4 is 5.32 Å². The fraction of sp³-hybridized carbons (Fsp3) is 0.611. The molecule has 0 radical (unpaired) electrons. The van der Waals surface area contributed by atoms with Crippen molar-refractivity contribution in [2.75, 3.05) is 25.0 Å². The lowest BCUT2D eigenvalue weighted by Gasteiger charge is -2.34. The fourth-order valence-electron chi connectivity index (χ4n) is 2.86. The third-order valence-electron chi connectivity index (χ3n) is 4.56. The van der Waals surface area contributed by atoms with Crippen LogP contribution in [-0.4, -0.2) is 42.6 Å². The van der Waals surface area contributed by atoms with E-state index < -0.39 is 0 Å². The molecular formula is C18H28N2O2. The maximum Gasteiger partial charge on any atom is 0.241 e. The van der Waals surface area contributed by atoms with E-state index in [0.717, 1.165) is 25.2 Å². The van der Waals surface area contributed by atoms with Gasteiger partial charge in [-0.05, 0) is 37.8 Å². The maximum absolute atomic E-state index is 12.6. The largest absolute Gasteiger partial charge is 0.376 e. The minimum absolute atomic E-state index is 0.0600. The lowest BCUT2D eigenvalue weighted by atomic mass is 9.97. The zero-order chi connectivity index (χ0) is 16.1. The highest BCUT2D eigenvalue weighted by Crippen LogP contribution is 2.26. The summed E-state index contributed by atoms with van der Waals surface area (Å²) in [7, 11) is 0. The highest BCUT2D eigenvalue weighted by atomic mass is 16.5. The summed E-state index contributed by atoms with van der Waals surface area (Å²) in [5, 5.41) is 3.12. The molecule has 1 aromatic rings. The van der Waals surface area contributed by atoms with Crippen LogP contribution >= 0.6 is 0 Å². The molecule has 0 saturated carbocycles. The zero-order valence-electron chi connectivity index (χ0n) is 14.1. The van der Waals surface area contributed by atoms with Crippen LogP contribution in [0.3, 0.4) is 0 Å². The van der Waals surface area contributed by atoms with Gasteiger partial charge >= 0.3 is 0 Å². The third kappa shape index (κ3) is 4.08. The van der Waals surface area contributed by atoms with Gasteiger partial charge in [-0.25, -0.2) is 0 Å². The van der Waals surface area contributed by atoms with Gasteiger partial charge in [-0.2, -0.15) is 0 Å². The number of para-hydroxylation sites is 1. The molecule has 1 aliphatic rings. The van der Waals surface area contributed by atoms with Crippen molar-refractivity contribution >= 4 is 11.6 Å². The topological polar surface area (TPSA) is 41.6 Å². The predicted molar refractivity (Wildman–Crippen MR) is 90.2 cm³/mol. The molecule has 0 aliphatic carbocycles. The van der Waals surface area contributed by atoms with Gasteiger partial charge in [-0.15, -0.1) is 0 Å². The van der Waals surface area contributed by atoms with Crippen molar-refractivity contribution < 1.29 is 9.53 Å². The Morgan fingerprint density at radius 1 is 1.41 bits per heavy atom. The minimum atomic E-state index is -0.142. The number of hydrogen-bond acceptors (Lipinski definition) is 3. The van der Waals surface area contributed by atoms with Crippen molar-refractivity contribution in [2.45, 2.75) is 52.2 Å². The van der Waals surface area contributed by atoms with E-state index in [2.05, 4.69) is 37.1 Å². The molecule has 1 aromatic carbocycles. The molecule has 1 heterocycles. The Kier molecular flexibility index (Phi) is 5.98. The number of rotatable bonds is 5. The van der Waals surface area contributed by atoms with Gasteiger partial charge in [0, 0.05) is 18.8 Å². The molecule has 4 heteroatoms. The molecular weight excluding hydrogens is 276 g/mol. The molecule has 1 fully saturated rings. The first kappa shape index (κ1) is 17.0. The number of amides is 1. The van der Waals surface area contributed by atoms with Gasteiger partial charge in [-0.3, -0.25) is 9.69 Å². The van der Waals surface area contributed by atoms with Crippen LogP contribution in [0.2, 0.25) is 0 Å². The Labute approximate surface area is 133 Å². The van der Waals surface area contributed by atoms with Crippen LogP contribution in [0.1, 0.15) is 45.6 Å². The van der Waals surface area contributed by atoms with E-state index in [4.69, 9.17) is 4.74 Å². The lowest BCUT2D eigenvalue weighted by Crippen LogP contribution is -2.50. The van der Waals surface area contributed by atoms with E-state index in [1.807, 2.05) is 25.1 Å². The van der Waals surface area contributed by atoms with Crippen molar-refractivity contribution in [1.29, 1.82) is 0 Å². The summed E-state index contributed by atoms with van der Waals surface area (Å²) in [6.07, 6.45) is 1.25. The molecule has 0 spiro atoms. The summed E-state index contributed by atoms with van der Waals surface area (Å²) in [6.45, 7) is 10.7. The van der Waals surface area contributed by atoms with Crippen LogP contribution in [0, 0.1) is 0 Å². The van der Waals surface area contributed by atoms with Crippen LogP contribution in [0.5, 0.6) is 0 Å². The second-order valence-corrected chi connectivity index (χ2v) is 6.24. The molecule has 22 heavy (non-hydrogen) atoms. The number of hydrogen-bond donors (Lipinski definition) is 1. The standard InChI is InChI=1S/C18H28N2O2/c1-5-13(2)16-8-6-7-9-17(16)19-18(21)15(4)20-10-11-22-14(3)12-20/h6-9,13-15H,5,10-12H2,1-4H3,(H,19,21). The monoisotopic (exact) mass is 304 g/mol. The summed E-state index contributed by atoms with van der Waals surface area (Å²) in [6, 6.07) is 7.96. The van der Waals surface area contributed by atoms with Gasteiger partial charge in [0.05, 0.1) is 18.8 Å². The van der Waals surface area contributed by atoms with Crippen LogP contribution in [0.15, 0.2) is 24.3 Å². The van der Waals surface area contributed by atoms with Gasteiger partial charge in [0.1, 0.15) is 0 Å². The number of morpholine rings is 1. The summed E-state index contributed by atoms with van der Waals surface area (Å²) in [4.78, 5) is 14.8. The Morgan fingerprint density at radius 3 is 2.82 bits per heavy atom. The molecule has 1 amide bonds. The number of carbonyl (C=O) groups is 1. The first-order valence-electron chi connectivity index (χ1n) is 8.28. The summed E-state index contributed by atoms with van der Waals surface area (Å²) >= 11 is 0. The van der Waals surface area contributed by atoms with E-state index >= 15 is 0 Å². The molecule has 0 bridgehead atoms. The van der Waals surface area contributed by atoms with E-state index in [9.17, 15) is 4.79 Å². The van der Waals surface area contributed by atoms with E-state index in [0.29, 0.717) is 12.5 Å². The third-order valence-corrected chi connectivity index (χ3v) is 4.56. The molecule has 0 aromatic heterocycles. The van der Waals surface area contributed by atoms with Gasteiger partial charge in [0.2, 0.25) is 5.91 Å². The normalized spacial score (nSPS) is 22.1. The maximum atomic E-state index is 12.6. The molecule has 4 nitrogen and oxygen atoms in total. The Morgan fingerprint density at radius 2 is 2.14 bits per heavy atom. The molecule has 1 saturated heterocycles. The SMILES string of the molecule is CCC(C)c1ccccc1NC(=O)C(C)N1CCOC(C)C1. The summed E-state index contributed by atoms with van der Waals surface area (Å²) in [5.74, 6) is 0.500. The predicted octanol–water partition coefficient (Wildman–Crippen LogP) is 3.25. The minimum Gasteiger partial charge on any atom is -0.376 e. The van der Waals surface area contributed by atoms with Gasteiger partial charge in [-0.1, -0.05) is 32.0 Å². The molecule has 122 valence electrons. The lowest BCUT2D eigenvalue weighted by molar-refractivity contribution is -0.123. The average molecular weight is 304 g/mol. The first-order valence-corrected chi connectivity index (χ1v) is 8.28. The van der Waals surface area contributed by atoms with E-state index in [1.54, 1.807) is 0 Å². The second kappa shape index (κ2) is 7.75. The van der Waals surface area contributed by atoms with Crippen molar-refractivity contribution in [1.82, 2.24) is 4.90 Å². The number of carbonyl (C=O) groups excluding carboxylic acids is 1. The van der Waals surface area contributed by atoms with Gasteiger partial charge in [0.25, 0.3) is 0 Å². The van der Waals surface area contributed by atoms with Crippen molar-refractivity contribution in [2.24, 2.45) is 0 Å². The Hall–Kier alpha value is -1.39. The highest BCUT2D eigenvalue weighted by molar-refractivity contribution is 5.95. The molecule has 2 rings (SSSR count). The quantitative estimate of drug-likeness (QED) is 0.908. The van der Waals surface area contributed by atoms with E-state index in [-0.39, 0.29) is 18.1 Å². The Balaban J connectivity index is 2.05. The van der Waals surface area contributed by atoms with Crippen LogP contribution in [-0.2, 0) is 9.53 Å². The van der Waals surface area contributed by atoms with E-state index in [1.165, 1.54) is 5.56 Å². The molecule has 1 aliphatic heterocycles. The number of benzene rings is 1. The van der Waals surface area contributed by atoms with Crippen molar-refractivity contribution in [3.05, 3.63) is 29.8 Å². The summed E-state index contributed by atoms with van der Waals surface area (Å²) in [5.41, 5.74) is 2.15. The number of nitrogens with one attached hydrogen (secondary N) is 1. The number of nitrogens with zero attached hydrogens (tertiary/aromatic N) is 1. The van der Waals surface area contributed by atoms with Crippen LogP contribution in [0.4, 0.5) is 5.69 Å². The Bertz CT molecular complexity index is 504. The molecule has 1 N–H and O–H groups in total. The van der Waals surface area contributed by atoms with Crippen molar-refractivity contribution in [3.63, 3.8) is 0 Å². The van der Waals surface area contributed by atoms with Crippen molar-refractivity contribution in [3.8, 4) is 0 Å². The first-order chi connectivity index (χ1) is 10.5. The van der Waals surface area contributed by atoms with Gasteiger partial charge < -0.3 is 10.1 Å². The van der Waals surface area contributed by atoms with Gasteiger partial charge in [0.15, 0.2) is 0 Å². The molecule has 3 atom stereocenters. The number of anilines is 1. The second-order valence-electron chi connectivity index (χ2n) is 6.24. The van der Waals surface area contributed by atoms with Crippen LogP contribution in [0.25, 0.3) is 0 Å². The fourth-order valence-corrected chi connectivity index (χ4v) is 2.86.